The lowest BCUT2D eigenvalue weighted by Gasteiger charge is -2.36. The number of carbonyl (C=O) groups excluding carboxylic acids is 1. The number of anilines is 2. The lowest BCUT2D eigenvalue weighted by Crippen LogP contribution is -2.47. The number of para-hydroxylation sites is 1. The average Bonchev–Trinajstić information content (AvgIpc) is 2.62. The van der Waals surface area contributed by atoms with Gasteiger partial charge in [0.2, 0.25) is 5.95 Å². The number of benzene rings is 1. The molecule has 7 nitrogen and oxygen atoms in total. The molecule has 1 aliphatic rings. The van der Waals surface area contributed by atoms with Crippen LogP contribution in [0.25, 0.3) is 0 Å². The first-order valence-electron chi connectivity index (χ1n) is 8.22. The Morgan fingerprint density at radius 1 is 1.24 bits per heavy atom. The van der Waals surface area contributed by atoms with Crippen molar-refractivity contribution < 1.29 is 4.79 Å². The van der Waals surface area contributed by atoms with Gasteiger partial charge in [0.15, 0.2) is 0 Å². The molecule has 1 aliphatic heterocycles. The summed E-state index contributed by atoms with van der Waals surface area (Å²) in [6.45, 7) is 5.21. The minimum Gasteiger partial charge on any atom is -0.367 e. The van der Waals surface area contributed by atoms with Gasteiger partial charge >= 0.3 is 0 Å². The lowest BCUT2D eigenvalue weighted by molar-refractivity contribution is 0.0954. The van der Waals surface area contributed by atoms with Crippen LogP contribution < -0.4 is 20.7 Å². The van der Waals surface area contributed by atoms with E-state index in [2.05, 4.69) is 20.2 Å². The molecule has 0 unspecified atom stereocenters. The Balaban J connectivity index is 1.69. The summed E-state index contributed by atoms with van der Waals surface area (Å²) in [4.78, 5) is 35.1. The van der Waals surface area contributed by atoms with Crippen LogP contribution in [-0.2, 0) is 0 Å². The van der Waals surface area contributed by atoms with E-state index in [0.29, 0.717) is 25.6 Å². The van der Waals surface area contributed by atoms with Gasteiger partial charge in [-0.15, -0.1) is 0 Å². The molecule has 0 saturated carbocycles. The fourth-order valence-electron chi connectivity index (χ4n) is 2.83. The number of hydrogen-bond donors (Lipinski definition) is 2. The molecule has 25 heavy (non-hydrogen) atoms. The van der Waals surface area contributed by atoms with Crippen LogP contribution in [0.2, 0.25) is 5.02 Å². The van der Waals surface area contributed by atoms with Crippen molar-refractivity contribution in [3.05, 3.63) is 51.4 Å². The zero-order valence-corrected chi connectivity index (χ0v) is 14.7. The highest BCUT2D eigenvalue weighted by Gasteiger charge is 2.21. The Kier molecular flexibility index (Phi) is 5.23. The molecule has 1 amide bonds. The van der Waals surface area contributed by atoms with Crippen molar-refractivity contribution in [1.29, 1.82) is 0 Å². The van der Waals surface area contributed by atoms with Crippen LogP contribution in [-0.4, -0.2) is 48.6 Å². The summed E-state index contributed by atoms with van der Waals surface area (Å²) >= 11 is 6.25. The van der Waals surface area contributed by atoms with Crippen LogP contribution in [0, 0.1) is 0 Å². The van der Waals surface area contributed by atoms with Crippen molar-refractivity contribution in [2.24, 2.45) is 0 Å². The van der Waals surface area contributed by atoms with Crippen LogP contribution >= 0.6 is 11.6 Å². The molecule has 0 spiro atoms. The summed E-state index contributed by atoms with van der Waals surface area (Å²) in [6.07, 6.45) is 1.33. The normalized spacial score (nSPS) is 14.5. The first kappa shape index (κ1) is 17.3. The Hall–Kier alpha value is -2.54. The van der Waals surface area contributed by atoms with Crippen molar-refractivity contribution >= 4 is 29.1 Å². The van der Waals surface area contributed by atoms with Gasteiger partial charge in [0.25, 0.3) is 11.5 Å². The van der Waals surface area contributed by atoms with Gasteiger partial charge in [-0.05, 0) is 19.1 Å². The quantitative estimate of drug-likeness (QED) is 0.862. The minimum absolute atomic E-state index is 0.0281. The number of rotatable bonds is 4. The minimum atomic E-state index is -0.426. The Morgan fingerprint density at radius 2 is 1.92 bits per heavy atom. The van der Waals surface area contributed by atoms with Gasteiger partial charge in [-0.3, -0.25) is 14.6 Å². The van der Waals surface area contributed by atoms with E-state index in [1.165, 1.54) is 6.20 Å². The fraction of sp³-hybridized carbons (Fsp3) is 0.353. The molecule has 1 saturated heterocycles. The van der Waals surface area contributed by atoms with Crippen LogP contribution in [0.15, 0.2) is 35.3 Å². The van der Waals surface area contributed by atoms with Crippen molar-refractivity contribution in [2.45, 2.75) is 6.92 Å². The molecular weight excluding hydrogens is 342 g/mol. The van der Waals surface area contributed by atoms with Crippen LogP contribution in [0.3, 0.4) is 0 Å². The predicted octanol–water partition coefficient (Wildman–Crippen LogP) is 1.50. The van der Waals surface area contributed by atoms with E-state index in [1.54, 1.807) is 6.92 Å². The first-order chi connectivity index (χ1) is 12.1. The number of amides is 1. The van der Waals surface area contributed by atoms with E-state index < -0.39 is 11.5 Å². The second kappa shape index (κ2) is 7.57. The number of H-pyrrole nitrogens is 1. The maximum Gasteiger partial charge on any atom is 0.265 e. The van der Waals surface area contributed by atoms with Crippen molar-refractivity contribution in [2.75, 3.05) is 42.5 Å². The van der Waals surface area contributed by atoms with Crippen molar-refractivity contribution in [1.82, 2.24) is 15.3 Å². The number of aromatic amines is 1. The lowest BCUT2D eigenvalue weighted by atomic mass is 10.2. The fourth-order valence-corrected chi connectivity index (χ4v) is 3.09. The molecule has 3 rings (SSSR count). The molecule has 1 fully saturated rings. The number of carbonyl (C=O) groups is 1. The standard InChI is InChI=1S/C17H20ClN5O2/c1-2-19-15(24)12-11-20-17(21-16(12)25)23-9-7-22(8-10-23)14-6-4-3-5-13(14)18/h3-6,11H,2,7-10H2,1H3,(H,19,24)(H,20,21,25). The molecule has 8 heteroatoms. The van der Waals surface area contributed by atoms with E-state index in [1.807, 2.05) is 29.2 Å². The Bertz CT molecular complexity index is 815. The number of piperazine rings is 1. The van der Waals surface area contributed by atoms with Crippen LogP contribution in [0.4, 0.5) is 11.6 Å². The van der Waals surface area contributed by atoms with Crippen LogP contribution in [0.1, 0.15) is 17.3 Å². The van der Waals surface area contributed by atoms with E-state index in [4.69, 9.17) is 11.6 Å². The third-order valence-electron chi connectivity index (χ3n) is 4.14. The number of nitrogens with zero attached hydrogens (tertiary/aromatic N) is 3. The first-order valence-corrected chi connectivity index (χ1v) is 8.60. The second-order valence-electron chi connectivity index (χ2n) is 5.73. The molecule has 0 aliphatic carbocycles. The number of halogens is 1. The zero-order chi connectivity index (χ0) is 17.8. The molecule has 2 N–H and O–H groups in total. The monoisotopic (exact) mass is 361 g/mol. The third-order valence-corrected chi connectivity index (χ3v) is 4.46. The second-order valence-corrected chi connectivity index (χ2v) is 6.14. The highest BCUT2D eigenvalue weighted by atomic mass is 35.5. The van der Waals surface area contributed by atoms with E-state index in [-0.39, 0.29) is 5.56 Å². The van der Waals surface area contributed by atoms with Gasteiger partial charge in [-0.1, -0.05) is 23.7 Å². The molecule has 1 aromatic carbocycles. The van der Waals surface area contributed by atoms with Crippen molar-refractivity contribution in [3.63, 3.8) is 0 Å². The highest BCUT2D eigenvalue weighted by Crippen LogP contribution is 2.26. The van der Waals surface area contributed by atoms with Gasteiger partial charge in [-0.2, -0.15) is 0 Å². The number of nitrogens with one attached hydrogen (secondary N) is 2. The van der Waals surface area contributed by atoms with E-state index >= 15 is 0 Å². The molecule has 0 radical (unpaired) electrons. The largest absolute Gasteiger partial charge is 0.367 e. The van der Waals surface area contributed by atoms with Gasteiger partial charge in [0.05, 0.1) is 10.7 Å². The smallest absolute Gasteiger partial charge is 0.265 e. The SMILES string of the molecule is CCNC(=O)c1cnc(N2CCN(c3ccccc3Cl)CC2)[nH]c1=O. The van der Waals surface area contributed by atoms with E-state index in [0.717, 1.165) is 23.8 Å². The molecule has 1 aromatic heterocycles. The average molecular weight is 362 g/mol. The van der Waals surface area contributed by atoms with Gasteiger partial charge in [0, 0.05) is 38.9 Å². The molecule has 132 valence electrons. The summed E-state index contributed by atoms with van der Waals surface area (Å²) in [5, 5.41) is 3.33. The predicted molar refractivity (Wildman–Crippen MR) is 98.7 cm³/mol. The zero-order valence-electron chi connectivity index (χ0n) is 14.0. The maximum atomic E-state index is 12.1. The molecule has 2 heterocycles. The summed E-state index contributed by atoms with van der Waals surface area (Å²) in [7, 11) is 0. The molecule has 2 aromatic rings. The van der Waals surface area contributed by atoms with Gasteiger partial charge in [0.1, 0.15) is 5.56 Å². The Morgan fingerprint density at radius 3 is 2.56 bits per heavy atom. The third kappa shape index (κ3) is 3.76. The summed E-state index contributed by atoms with van der Waals surface area (Å²) in [5.41, 5.74) is 0.613. The van der Waals surface area contributed by atoms with Crippen molar-refractivity contribution in [3.8, 4) is 0 Å². The topological polar surface area (TPSA) is 81.3 Å². The highest BCUT2D eigenvalue weighted by molar-refractivity contribution is 6.33. The van der Waals surface area contributed by atoms with Gasteiger partial charge < -0.3 is 15.1 Å². The maximum absolute atomic E-state index is 12.1. The Labute approximate surface area is 150 Å². The molecular formula is C17H20ClN5O2. The summed E-state index contributed by atoms with van der Waals surface area (Å²) in [5.74, 6) is 0.0724. The summed E-state index contributed by atoms with van der Waals surface area (Å²) in [6, 6.07) is 7.75. The molecule has 0 atom stereocenters. The summed E-state index contributed by atoms with van der Waals surface area (Å²) < 4.78 is 0. The van der Waals surface area contributed by atoms with E-state index in [9.17, 15) is 9.59 Å². The molecule has 0 bridgehead atoms. The van der Waals surface area contributed by atoms with Crippen LogP contribution in [0.5, 0.6) is 0 Å². The number of aromatic nitrogens is 2. The number of hydrogen-bond acceptors (Lipinski definition) is 5. The van der Waals surface area contributed by atoms with Gasteiger partial charge in [-0.25, -0.2) is 4.98 Å².